The first-order valence-electron chi connectivity index (χ1n) is 8.28. The van der Waals surface area contributed by atoms with Crippen LogP contribution in [0.4, 0.5) is 4.39 Å². The molecule has 1 heterocycles. The van der Waals surface area contributed by atoms with Crippen molar-refractivity contribution in [2.24, 2.45) is 0 Å². The fourth-order valence-corrected chi connectivity index (χ4v) is 2.64. The zero-order chi connectivity index (χ0) is 17.4. The molecule has 1 N–H and O–H groups in total. The lowest BCUT2D eigenvalue weighted by molar-refractivity contribution is -0.132. The van der Waals surface area contributed by atoms with Crippen LogP contribution in [0.1, 0.15) is 18.9 Å². The largest absolute Gasteiger partial charge is 0.355 e. The number of carbonyl (C=O) groups excluding carboxylic acids is 2. The van der Waals surface area contributed by atoms with Gasteiger partial charge in [0, 0.05) is 44.7 Å². The maximum Gasteiger partial charge on any atom is 0.234 e. The molecule has 1 aromatic carbocycles. The summed E-state index contributed by atoms with van der Waals surface area (Å²) < 4.78 is 13.5. The van der Waals surface area contributed by atoms with Gasteiger partial charge in [0.05, 0.1) is 6.54 Å². The van der Waals surface area contributed by atoms with Gasteiger partial charge in [-0.15, -0.1) is 0 Å². The van der Waals surface area contributed by atoms with Crippen molar-refractivity contribution >= 4 is 17.9 Å². The van der Waals surface area contributed by atoms with E-state index in [1.54, 1.807) is 35.3 Å². The first kappa shape index (κ1) is 18.1. The van der Waals surface area contributed by atoms with Crippen LogP contribution in [0.2, 0.25) is 0 Å². The molecule has 0 atom stereocenters. The van der Waals surface area contributed by atoms with Crippen molar-refractivity contribution in [1.29, 1.82) is 0 Å². The van der Waals surface area contributed by atoms with Gasteiger partial charge in [-0.05, 0) is 13.0 Å². The van der Waals surface area contributed by atoms with Crippen LogP contribution < -0.4 is 5.32 Å². The van der Waals surface area contributed by atoms with E-state index in [1.807, 2.05) is 11.8 Å². The Morgan fingerprint density at radius 2 is 1.92 bits per heavy atom. The Morgan fingerprint density at radius 3 is 2.58 bits per heavy atom. The highest BCUT2D eigenvalue weighted by Crippen LogP contribution is 2.10. The molecule has 1 aliphatic rings. The van der Waals surface area contributed by atoms with E-state index in [9.17, 15) is 14.0 Å². The Balaban J connectivity index is 1.75. The van der Waals surface area contributed by atoms with E-state index in [2.05, 4.69) is 5.32 Å². The van der Waals surface area contributed by atoms with Gasteiger partial charge in [0.15, 0.2) is 0 Å². The summed E-state index contributed by atoms with van der Waals surface area (Å²) in [5, 5.41) is 2.77. The van der Waals surface area contributed by atoms with Gasteiger partial charge in [-0.1, -0.05) is 30.4 Å². The van der Waals surface area contributed by atoms with Gasteiger partial charge in [-0.25, -0.2) is 4.39 Å². The molecule has 0 aromatic heterocycles. The first-order chi connectivity index (χ1) is 11.6. The molecule has 1 aromatic rings. The van der Waals surface area contributed by atoms with E-state index >= 15 is 0 Å². The fourth-order valence-electron chi connectivity index (χ4n) is 2.64. The molecule has 0 spiro atoms. The average molecular weight is 333 g/mol. The second-order valence-electron chi connectivity index (χ2n) is 5.74. The first-order valence-corrected chi connectivity index (χ1v) is 8.28. The normalized spacial score (nSPS) is 15.7. The van der Waals surface area contributed by atoms with Gasteiger partial charge in [-0.2, -0.15) is 0 Å². The molecule has 2 rings (SSSR count). The lowest BCUT2D eigenvalue weighted by Gasteiger charge is -2.34. The van der Waals surface area contributed by atoms with Crippen LogP contribution in [0.5, 0.6) is 0 Å². The summed E-state index contributed by atoms with van der Waals surface area (Å²) in [5.74, 6) is -0.245. The van der Waals surface area contributed by atoms with Gasteiger partial charge in [0.25, 0.3) is 0 Å². The van der Waals surface area contributed by atoms with Crippen molar-refractivity contribution in [1.82, 2.24) is 15.1 Å². The zero-order valence-corrected chi connectivity index (χ0v) is 14.0. The van der Waals surface area contributed by atoms with Gasteiger partial charge in [-0.3, -0.25) is 14.5 Å². The molecule has 5 nitrogen and oxygen atoms in total. The number of rotatable bonds is 6. The second kappa shape index (κ2) is 9.17. The summed E-state index contributed by atoms with van der Waals surface area (Å²) >= 11 is 0. The molecule has 0 saturated carbocycles. The molecule has 0 aliphatic carbocycles. The molecule has 0 radical (unpaired) electrons. The standard InChI is InChI=1S/C18H24FN3O2/c1-2-20-17(23)14-21-10-12-22(13-11-21)18(24)9-5-7-15-6-3-4-8-16(15)19/h3-8H,2,9-14H2,1H3,(H,20,23). The maximum atomic E-state index is 13.5. The highest BCUT2D eigenvalue weighted by atomic mass is 19.1. The van der Waals surface area contributed by atoms with E-state index in [1.165, 1.54) is 6.07 Å². The summed E-state index contributed by atoms with van der Waals surface area (Å²) in [6.07, 6.45) is 3.59. The van der Waals surface area contributed by atoms with Gasteiger partial charge < -0.3 is 10.2 Å². The van der Waals surface area contributed by atoms with E-state index in [-0.39, 0.29) is 24.1 Å². The van der Waals surface area contributed by atoms with E-state index in [0.717, 1.165) is 0 Å². The van der Waals surface area contributed by atoms with Crippen LogP contribution in [0, 0.1) is 5.82 Å². The minimum absolute atomic E-state index is 0.0186. The van der Waals surface area contributed by atoms with Gasteiger partial charge >= 0.3 is 0 Å². The minimum Gasteiger partial charge on any atom is -0.355 e. The molecule has 24 heavy (non-hydrogen) atoms. The Labute approximate surface area is 142 Å². The summed E-state index contributed by atoms with van der Waals surface area (Å²) in [6, 6.07) is 6.47. The summed E-state index contributed by atoms with van der Waals surface area (Å²) in [6.45, 7) is 5.52. The van der Waals surface area contributed by atoms with Crippen molar-refractivity contribution in [3.63, 3.8) is 0 Å². The number of nitrogens with one attached hydrogen (secondary N) is 1. The van der Waals surface area contributed by atoms with Gasteiger partial charge in [0.2, 0.25) is 11.8 Å². The molecular formula is C18H24FN3O2. The number of likely N-dealkylation sites (N-methyl/N-ethyl adjacent to an activating group) is 1. The van der Waals surface area contributed by atoms with Crippen LogP contribution in [0.15, 0.2) is 30.3 Å². The Hall–Kier alpha value is -2.21. The van der Waals surface area contributed by atoms with Crippen LogP contribution in [-0.2, 0) is 9.59 Å². The lowest BCUT2D eigenvalue weighted by atomic mass is 10.2. The van der Waals surface area contributed by atoms with Crippen LogP contribution in [-0.4, -0.2) is 60.9 Å². The molecule has 0 bridgehead atoms. The van der Waals surface area contributed by atoms with Crippen LogP contribution in [0.25, 0.3) is 6.08 Å². The molecule has 1 saturated heterocycles. The third-order valence-corrected chi connectivity index (χ3v) is 3.96. The van der Waals surface area contributed by atoms with Crippen molar-refractivity contribution in [3.05, 3.63) is 41.7 Å². The third kappa shape index (κ3) is 5.45. The van der Waals surface area contributed by atoms with Crippen molar-refractivity contribution in [3.8, 4) is 0 Å². The monoisotopic (exact) mass is 333 g/mol. The predicted octanol–water partition coefficient (Wildman–Crippen LogP) is 1.51. The van der Waals surface area contributed by atoms with Crippen LogP contribution >= 0.6 is 0 Å². The molecular weight excluding hydrogens is 309 g/mol. The van der Waals surface area contributed by atoms with Gasteiger partial charge in [0.1, 0.15) is 5.82 Å². The predicted molar refractivity (Wildman–Crippen MR) is 91.8 cm³/mol. The molecule has 1 aliphatic heterocycles. The van der Waals surface area contributed by atoms with Crippen molar-refractivity contribution < 1.29 is 14.0 Å². The Bertz CT molecular complexity index is 596. The fraction of sp³-hybridized carbons (Fsp3) is 0.444. The summed E-state index contributed by atoms with van der Waals surface area (Å²) in [4.78, 5) is 27.6. The van der Waals surface area contributed by atoms with E-state index in [0.29, 0.717) is 44.8 Å². The number of amides is 2. The lowest BCUT2D eigenvalue weighted by Crippen LogP contribution is -2.51. The molecule has 6 heteroatoms. The number of piperazine rings is 1. The number of benzene rings is 1. The highest BCUT2D eigenvalue weighted by molar-refractivity contribution is 5.79. The maximum absolute atomic E-state index is 13.5. The van der Waals surface area contributed by atoms with Crippen molar-refractivity contribution in [2.45, 2.75) is 13.3 Å². The van der Waals surface area contributed by atoms with Crippen LogP contribution in [0.3, 0.4) is 0 Å². The number of nitrogens with zero attached hydrogens (tertiary/aromatic N) is 2. The SMILES string of the molecule is CCNC(=O)CN1CCN(C(=O)CC=Cc2ccccc2F)CC1. The molecule has 130 valence electrons. The quantitative estimate of drug-likeness (QED) is 0.859. The number of halogens is 1. The zero-order valence-electron chi connectivity index (χ0n) is 14.0. The molecule has 1 fully saturated rings. The summed E-state index contributed by atoms with van der Waals surface area (Å²) in [5.41, 5.74) is 0.483. The number of hydrogen-bond acceptors (Lipinski definition) is 3. The molecule has 0 unspecified atom stereocenters. The Kier molecular flexibility index (Phi) is 6.93. The highest BCUT2D eigenvalue weighted by Gasteiger charge is 2.21. The summed E-state index contributed by atoms with van der Waals surface area (Å²) in [7, 11) is 0. The second-order valence-corrected chi connectivity index (χ2v) is 5.74. The Morgan fingerprint density at radius 1 is 1.21 bits per heavy atom. The minimum atomic E-state index is -0.292. The number of hydrogen-bond donors (Lipinski definition) is 1. The van der Waals surface area contributed by atoms with E-state index in [4.69, 9.17) is 0 Å². The van der Waals surface area contributed by atoms with Crippen molar-refractivity contribution in [2.75, 3.05) is 39.3 Å². The molecule has 2 amide bonds. The average Bonchev–Trinajstić information content (AvgIpc) is 2.57. The third-order valence-electron chi connectivity index (χ3n) is 3.96. The van der Waals surface area contributed by atoms with E-state index < -0.39 is 0 Å². The number of carbonyl (C=O) groups is 2. The topological polar surface area (TPSA) is 52.7 Å². The smallest absolute Gasteiger partial charge is 0.234 e.